The van der Waals surface area contributed by atoms with Crippen LogP contribution < -0.4 is 5.73 Å². The quantitative estimate of drug-likeness (QED) is 0.594. The van der Waals surface area contributed by atoms with Crippen LogP contribution in [0.5, 0.6) is 0 Å². The Labute approximate surface area is 102 Å². The van der Waals surface area contributed by atoms with Crippen LogP contribution in [-0.4, -0.2) is 38.7 Å². The van der Waals surface area contributed by atoms with Gasteiger partial charge < -0.3 is 15.2 Å². The highest BCUT2D eigenvalue weighted by Crippen LogP contribution is 2.15. The maximum Gasteiger partial charge on any atom is 0.191 e. The highest BCUT2D eigenvalue weighted by Gasteiger charge is 2.16. The average molecular weight is 236 g/mol. The Bertz CT molecular complexity index is 388. The summed E-state index contributed by atoms with van der Waals surface area (Å²) in [6.45, 7) is 4.79. The molecule has 2 N–H and O–H groups in total. The average Bonchev–Trinajstić information content (AvgIpc) is 2.73. The van der Waals surface area contributed by atoms with Crippen molar-refractivity contribution in [2.45, 2.75) is 26.3 Å². The molecule has 2 rings (SSSR count). The van der Waals surface area contributed by atoms with Crippen LogP contribution in [-0.2, 0) is 13.6 Å². The van der Waals surface area contributed by atoms with E-state index in [-0.39, 0.29) is 0 Å². The summed E-state index contributed by atoms with van der Waals surface area (Å²) in [4.78, 5) is 6.52. The van der Waals surface area contributed by atoms with E-state index >= 15 is 0 Å². The number of nitrogens with two attached hydrogens (primary N) is 1. The van der Waals surface area contributed by atoms with E-state index in [9.17, 15) is 0 Å². The zero-order chi connectivity index (χ0) is 12.3. The Morgan fingerprint density at radius 2 is 2.24 bits per heavy atom. The second-order valence-corrected chi connectivity index (χ2v) is 4.70. The summed E-state index contributed by atoms with van der Waals surface area (Å²) in [5.41, 5.74) is 5.98. The molecule has 1 saturated heterocycles. The molecule has 1 aliphatic heterocycles. The summed E-state index contributed by atoms with van der Waals surface area (Å²) >= 11 is 0. The fourth-order valence-corrected chi connectivity index (χ4v) is 1.94. The number of piperidine rings is 1. The summed E-state index contributed by atoms with van der Waals surface area (Å²) in [5, 5.41) is 7.79. The SMILES string of the molecule is CC1CCN(C(N)=NCc2nncn2C)CC1. The number of nitrogens with zero attached hydrogens (tertiary/aromatic N) is 5. The third-order valence-electron chi connectivity index (χ3n) is 3.30. The zero-order valence-electron chi connectivity index (χ0n) is 10.5. The zero-order valence-corrected chi connectivity index (χ0v) is 10.5. The highest BCUT2D eigenvalue weighted by atomic mass is 15.3. The molecule has 1 aromatic rings. The van der Waals surface area contributed by atoms with Crippen LogP contribution in [0, 0.1) is 5.92 Å². The molecule has 6 heteroatoms. The predicted molar refractivity (Wildman–Crippen MR) is 66.3 cm³/mol. The van der Waals surface area contributed by atoms with Crippen molar-refractivity contribution >= 4 is 5.96 Å². The third kappa shape index (κ3) is 2.95. The van der Waals surface area contributed by atoms with Gasteiger partial charge in [0.1, 0.15) is 12.9 Å². The molecule has 1 aliphatic rings. The Hall–Kier alpha value is -1.59. The number of rotatable bonds is 2. The lowest BCUT2D eigenvalue weighted by Gasteiger charge is -2.30. The topological polar surface area (TPSA) is 72.3 Å². The van der Waals surface area contributed by atoms with Crippen LogP contribution in [0.3, 0.4) is 0 Å². The second-order valence-electron chi connectivity index (χ2n) is 4.70. The van der Waals surface area contributed by atoms with Crippen molar-refractivity contribution in [1.82, 2.24) is 19.7 Å². The number of hydrogen-bond acceptors (Lipinski definition) is 3. The first-order valence-electron chi connectivity index (χ1n) is 6.04. The number of aromatic nitrogens is 3. The van der Waals surface area contributed by atoms with Gasteiger partial charge in [0.05, 0.1) is 0 Å². The molecular weight excluding hydrogens is 216 g/mol. The van der Waals surface area contributed by atoms with Crippen molar-refractivity contribution < 1.29 is 0 Å². The van der Waals surface area contributed by atoms with Gasteiger partial charge in [-0.25, -0.2) is 4.99 Å². The van der Waals surface area contributed by atoms with Gasteiger partial charge in [-0.15, -0.1) is 10.2 Å². The fourth-order valence-electron chi connectivity index (χ4n) is 1.94. The smallest absolute Gasteiger partial charge is 0.191 e. The van der Waals surface area contributed by atoms with Gasteiger partial charge in [-0.1, -0.05) is 6.92 Å². The summed E-state index contributed by atoms with van der Waals surface area (Å²) < 4.78 is 1.86. The molecule has 0 aromatic carbocycles. The van der Waals surface area contributed by atoms with Crippen molar-refractivity contribution in [3.05, 3.63) is 12.2 Å². The van der Waals surface area contributed by atoms with Gasteiger partial charge in [-0.05, 0) is 18.8 Å². The monoisotopic (exact) mass is 236 g/mol. The van der Waals surface area contributed by atoms with Crippen LogP contribution in [0.1, 0.15) is 25.6 Å². The molecule has 0 spiro atoms. The van der Waals surface area contributed by atoms with E-state index in [0.717, 1.165) is 24.8 Å². The van der Waals surface area contributed by atoms with Crippen molar-refractivity contribution in [1.29, 1.82) is 0 Å². The van der Waals surface area contributed by atoms with Crippen molar-refractivity contribution in [3.8, 4) is 0 Å². The molecule has 0 unspecified atom stereocenters. The Balaban J connectivity index is 1.91. The molecule has 0 aliphatic carbocycles. The summed E-state index contributed by atoms with van der Waals surface area (Å²) in [5.74, 6) is 2.26. The van der Waals surface area contributed by atoms with Gasteiger partial charge in [-0.2, -0.15) is 0 Å². The van der Waals surface area contributed by atoms with Gasteiger partial charge in [0.15, 0.2) is 11.8 Å². The van der Waals surface area contributed by atoms with E-state index in [1.54, 1.807) is 6.33 Å². The molecule has 2 heterocycles. The molecular formula is C11H20N6. The van der Waals surface area contributed by atoms with E-state index in [2.05, 4.69) is 27.0 Å². The highest BCUT2D eigenvalue weighted by molar-refractivity contribution is 5.78. The molecule has 1 aromatic heterocycles. The van der Waals surface area contributed by atoms with E-state index in [1.165, 1.54) is 12.8 Å². The lowest BCUT2D eigenvalue weighted by atomic mass is 10.00. The predicted octanol–water partition coefficient (Wildman–Crippen LogP) is 0.362. The molecule has 94 valence electrons. The summed E-state index contributed by atoms with van der Waals surface area (Å²) in [6.07, 6.45) is 4.06. The number of aryl methyl sites for hydroxylation is 1. The largest absolute Gasteiger partial charge is 0.370 e. The Morgan fingerprint density at radius 3 is 2.82 bits per heavy atom. The third-order valence-corrected chi connectivity index (χ3v) is 3.30. The minimum Gasteiger partial charge on any atom is -0.370 e. The fraction of sp³-hybridized carbons (Fsp3) is 0.727. The van der Waals surface area contributed by atoms with Gasteiger partial charge >= 0.3 is 0 Å². The summed E-state index contributed by atoms with van der Waals surface area (Å²) in [7, 11) is 1.91. The van der Waals surface area contributed by atoms with Crippen LogP contribution in [0.2, 0.25) is 0 Å². The first-order valence-corrected chi connectivity index (χ1v) is 6.04. The van der Waals surface area contributed by atoms with Gasteiger partial charge in [0.25, 0.3) is 0 Å². The van der Waals surface area contributed by atoms with E-state index < -0.39 is 0 Å². The molecule has 0 saturated carbocycles. The van der Waals surface area contributed by atoms with Gasteiger partial charge in [0.2, 0.25) is 0 Å². The first kappa shape index (κ1) is 11.9. The summed E-state index contributed by atoms with van der Waals surface area (Å²) in [6, 6.07) is 0. The lowest BCUT2D eigenvalue weighted by Crippen LogP contribution is -2.42. The van der Waals surface area contributed by atoms with Crippen molar-refractivity contribution in [2.24, 2.45) is 23.7 Å². The van der Waals surface area contributed by atoms with Crippen LogP contribution in [0.15, 0.2) is 11.3 Å². The van der Waals surface area contributed by atoms with E-state index in [1.807, 2.05) is 11.6 Å². The molecule has 6 nitrogen and oxygen atoms in total. The van der Waals surface area contributed by atoms with Gasteiger partial charge in [0, 0.05) is 20.1 Å². The number of hydrogen-bond donors (Lipinski definition) is 1. The number of guanidine groups is 1. The lowest BCUT2D eigenvalue weighted by molar-refractivity contribution is 0.277. The van der Waals surface area contributed by atoms with Crippen molar-refractivity contribution in [3.63, 3.8) is 0 Å². The van der Waals surface area contributed by atoms with Crippen LogP contribution >= 0.6 is 0 Å². The standard InChI is InChI=1S/C11H20N6/c1-9-3-5-17(6-4-9)11(12)13-7-10-15-14-8-16(10)2/h8-9H,3-7H2,1-2H3,(H2,12,13). The van der Waals surface area contributed by atoms with Crippen LogP contribution in [0.25, 0.3) is 0 Å². The Morgan fingerprint density at radius 1 is 1.53 bits per heavy atom. The minimum atomic E-state index is 0.494. The number of aliphatic imine (C=N–C) groups is 1. The molecule has 0 amide bonds. The maximum atomic E-state index is 5.98. The molecule has 0 bridgehead atoms. The Kier molecular flexibility index (Phi) is 3.61. The van der Waals surface area contributed by atoms with E-state index in [0.29, 0.717) is 12.5 Å². The minimum absolute atomic E-state index is 0.494. The van der Waals surface area contributed by atoms with Crippen LogP contribution in [0.4, 0.5) is 0 Å². The maximum absolute atomic E-state index is 5.98. The number of likely N-dealkylation sites (tertiary alicyclic amines) is 1. The normalized spacial score (nSPS) is 18.7. The molecule has 17 heavy (non-hydrogen) atoms. The second kappa shape index (κ2) is 5.16. The van der Waals surface area contributed by atoms with Crippen molar-refractivity contribution in [2.75, 3.05) is 13.1 Å². The molecule has 0 radical (unpaired) electrons. The van der Waals surface area contributed by atoms with E-state index in [4.69, 9.17) is 5.73 Å². The molecule has 0 atom stereocenters. The van der Waals surface area contributed by atoms with Gasteiger partial charge in [-0.3, -0.25) is 0 Å². The molecule has 1 fully saturated rings. The first-order chi connectivity index (χ1) is 8.16.